The molecule has 3 aromatic rings. The average molecular weight is 266 g/mol. The van der Waals surface area contributed by atoms with E-state index < -0.39 is 0 Å². The van der Waals surface area contributed by atoms with Gasteiger partial charge in [0, 0.05) is 17.2 Å². The van der Waals surface area contributed by atoms with Crippen LogP contribution in [0.5, 0.6) is 0 Å². The van der Waals surface area contributed by atoms with Gasteiger partial charge in [0.25, 0.3) is 11.1 Å². The quantitative estimate of drug-likeness (QED) is 0.673. The van der Waals surface area contributed by atoms with Crippen molar-refractivity contribution in [2.24, 2.45) is 0 Å². The molecule has 0 amide bonds. The maximum absolute atomic E-state index is 12.6. The third kappa shape index (κ3) is 1.42. The van der Waals surface area contributed by atoms with Gasteiger partial charge in [0.05, 0.1) is 11.4 Å². The number of hydrogen-bond donors (Lipinski definition) is 0. The summed E-state index contributed by atoms with van der Waals surface area (Å²) in [5, 5.41) is 0. The van der Waals surface area contributed by atoms with Crippen molar-refractivity contribution in [3.8, 4) is 11.3 Å². The molecule has 0 atom stereocenters. The molecule has 100 valence electrons. The number of aryl methyl sites for hydroxylation is 1. The van der Waals surface area contributed by atoms with E-state index in [-0.39, 0.29) is 11.1 Å². The molecule has 1 aliphatic rings. The Kier molecular flexibility index (Phi) is 2.33. The number of hydrogen-bond acceptors (Lipinski definition) is 2. The van der Waals surface area contributed by atoms with Crippen molar-refractivity contribution in [3.05, 3.63) is 68.4 Å². The third-order valence-corrected chi connectivity index (χ3v) is 4.11. The molecule has 0 spiro atoms. The second-order valence-electron chi connectivity index (χ2n) is 5.29. The molecule has 1 aliphatic carbocycles. The second-order valence-corrected chi connectivity index (χ2v) is 5.29. The van der Waals surface area contributed by atoms with Gasteiger partial charge >= 0.3 is 0 Å². The molecule has 2 heterocycles. The fourth-order valence-electron chi connectivity index (χ4n) is 3.20. The molecule has 0 saturated carbocycles. The van der Waals surface area contributed by atoms with Crippen molar-refractivity contribution in [1.29, 1.82) is 0 Å². The molecule has 2 aromatic heterocycles. The highest BCUT2D eigenvalue weighted by Crippen LogP contribution is 2.21. The Bertz CT molecular complexity index is 890. The molecular formula is C16H14N2O2. The molecule has 0 N–H and O–H groups in total. The summed E-state index contributed by atoms with van der Waals surface area (Å²) in [5.41, 5.74) is 3.19. The number of rotatable bonds is 1. The first-order valence-corrected chi connectivity index (χ1v) is 6.95. The third-order valence-electron chi connectivity index (χ3n) is 4.11. The number of benzene rings is 1. The van der Waals surface area contributed by atoms with Gasteiger partial charge < -0.3 is 0 Å². The summed E-state index contributed by atoms with van der Waals surface area (Å²) in [4.78, 5) is 24.8. The summed E-state index contributed by atoms with van der Waals surface area (Å²) >= 11 is 0. The lowest BCUT2D eigenvalue weighted by Gasteiger charge is -2.08. The van der Waals surface area contributed by atoms with Crippen LogP contribution in [0, 0.1) is 0 Å². The van der Waals surface area contributed by atoms with Crippen LogP contribution in [0.1, 0.15) is 24.1 Å². The van der Waals surface area contributed by atoms with E-state index in [1.165, 1.54) is 0 Å². The number of aromatic nitrogens is 2. The normalized spacial score (nSPS) is 14.6. The van der Waals surface area contributed by atoms with E-state index in [9.17, 15) is 9.59 Å². The maximum atomic E-state index is 12.6. The minimum atomic E-state index is -0.107. The largest absolute Gasteiger partial charge is 0.275 e. The summed E-state index contributed by atoms with van der Waals surface area (Å²) in [5.74, 6) is 0. The molecule has 0 aliphatic heterocycles. The molecule has 4 nitrogen and oxygen atoms in total. The van der Waals surface area contributed by atoms with Crippen molar-refractivity contribution in [1.82, 2.24) is 9.03 Å². The predicted octanol–water partition coefficient (Wildman–Crippen LogP) is 1.74. The van der Waals surface area contributed by atoms with Crippen LogP contribution in [0.4, 0.5) is 0 Å². The first kappa shape index (κ1) is 11.5. The van der Waals surface area contributed by atoms with E-state index in [1.54, 1.807) is 15.1 Å². The highest BCUT2D eigenvalue weighted by Gasteiger charge is 2.23. The zero-order valence-corrected chi connectivity index (χ0v) is 11.0. The first-order chi connectivity index (χ1) is 9.77. The minimum absolute atomic E-state index is 0.0272. The summed E-state index contributed by atoms with van der Waals surface area (Å²) < 4.78 is 3.12. The molecule has 4 heteroatoms. The van der Waals surface area contributed by atoms with E-state index in [4.69, 9.17) is 0 Å². The van der Waals surface area contributed by atoms with Crippen LogP contribution in [0.3, 0.4) is 0 Å². The monoisotopic (exact) mass is 266 g/mol. The highest BCUT2D eigenvalue weighted by atomic mass is 16.2. The van der Waals surface area contributed by atoms with Gasteiger partial charge in [-0.05, 0) is 25.7 Å². The molecule has 0 radical (unpaired) electrons. The van der Waals surface area contributed by atoms with E-state index >= 15 is 0 Å². The standard InChI is InChI=1S/C16H14N2O2/c19-15-10-14(11-6-2-1-3-7-11)18-16(20)12-8-4-5-9-13(12)17(15)18/h1-3,6-7,10H,4-5,8-9H2. The van der Waals surface area contributed by atoms with Crippen molar-refractivity contribution in [2.45, 2.75) is 25.7 Å². The zero-order valence-electron chi connectivity index (χ0n) is 11.0. The van der Waals surface area contributed by atoms with Gasteiger partial charge in [0.1, 0.15) is 0 Å². The van der Waals surface area contributed by atoms with Crippen molar-refractivity contribution in [3.63, 3.8) is 0 Å². The van der Waals surface area contributed by atoms with Crippen molar-refractivity contribution >= 4 is 0 Å². The summed E-state index contributed by atoms with van der Waals surface area (Å²) in [6, 6.07) is 11.2. The molecule has 0 unspecified atom stereocenters. The van der Waals surface area contributed by atoms with Gasteiger partial charge in [0.2, 0.25) is 0 Å². The van der Waals surface area contributed by atoms with Crippen LogP contribution in [0.15, 0.2) is 46.0 Å². The van der Waals surface area contributed by atoms with Gasteiger partial charge in [-0.3, -0.25) is 9.59 Å². The van der Waals surface area contributed by atoms with Crippen LogP contribution in [-0.4, -0.2) is 9.03 Å². The molecule has 4 rings (SSSR count). The predicted molar refractivity (Wildman–Crippen MR) is 76.7 cm³/mol. The summed E-state index contributed by atoms with van der Waals surface area (Å²) in [6.07, 6.45) is 3.69. The van der Waals surface area contributed by atoms with Gasteiger partial charge in [-0.15, -0.1) is 0 Å². The van der Waals surface area contributed by atoms with E-state index in [1.807, 2.05) is 30.3 Å². The Balaban J connectivity index is 2.13. The van der Waals surface area contributed by atoms with Crippen molar-refractivity contribution < 1.29 is 0 Å². The zero-order chi connectivity index (χ0) is 13.7. The Morgan fingerprint density at radius 3 is 2.45 bits per heavy atom. The average Bonchev–Trinajstić information content (AvgIpc) is 2.98. The molecule has 0 bridgehead atoms. The Morgan fingerprint density at radius 2 is 1.65 bits per heavy atom. The topological polar surface area (TPSA) is 43.0 Å². The fourth-order valence-corrected chi connectivity index (χ4v) is 3.20. The smallest absolute Gasteiger partial charge is 0.267 e. The van der Waals surface area contributed by atoms with Gasteiger partial charge in [-0.25, -0.2) is 9.03 Å². The summed E-state index contributed by atoms with van der Waals surface area (Å²) in [7, 11) is 0. The Morgan fingerprint density at radius 1 is 0.900 bits per heavy atom. The number of nitrogens with zero attached hydrogens (tertiary/aromatic N) is 2. The summed E-state index contributed by atoms with van der Waals surface area (Å²) in [6.45, 7) is 0. The molecule has 0 saturated heterocycles. The van der Waals surface area contributed by atoms with E-state index in [2.05, 4.69) is 0 Å². The molecular weight excluding hydrogens is 252 g/mol. The van der Waals surface area contributed by atoms with Crippen molar-refractivity contribution in [2.75, 3.05) is 0 Å². The minimum Gasteiger partial charge on any atom is -0.267 e. The first-order valence-electron chi connectivity index (χ1n) is 6.95. The van der Waals surface area contributed by atoms with Crippen LogP contribution < -0.4 is 11.1 Å². The lowest BCUT2D eigenvalue weighted by Crippen LogP contribution is -2.16. The molecule has 20 heavy (non-hydrogen) atoms. The Hall–Kier alpha value is -2.36. The van der Waals surface area contributed by atoms with Crippen LogP contribution in [0.2, 0.25) is 0 Å². The van der Waals surface area contributed by atoms with Crippen LogP contribution >= 0.6 is 0 Å². The van der Waals surface area contributed by atoms with Gasteiger partial charge in [-0.1, -0.05) is 30.3 Å². The number of fused-ring (bicyclic) bond motifs is 3. The molecule has 1 aromatic carbocycles. The van der Waals surface area contributed by atoms with Gasteiger partial charge in [0.15, 0.2) is 0 Å². The second kappa shape index (κ2) is 4.07. The van der Waals surface area contributed by atoms with Gasteiger partial charge in [-0.2, -0.15) is 0 Å². The Labute approximate surface area is 115 Å². The van der Waals surface area contributed by atoms with E-state index in [0.29, 0.717) is 5.69 Å². The lowest BCUT2D eigenvalue weighted by molar-refractivity contribution is 0.653. The molecule has 0 fully saturated rings. The SMILES string of the molecule is O=c1cc(-c2ccccc2)n2c(=O)c3c(n12)CCCC3. The fraction of sp³-hybridized carbons (Fsp3) is 0.250. The van der Waals surface area contributed by atoms with E-state index in [0.717, 1.165) is 42.5 Å². The maximum Gasteiger partial charge on any atom is 0.275 e. The van der Waals surface area contributed by atoms with Crippen LogP contribution in [-0.2, 0) is 12.8 Å². The van der Waals surface area contributed by atoms with Crippen LogP contribution in [0.25, 0.3) is 11.3 Å². The highest BCUT2D eigenvalue weighted by molar-refractivity contribution is 5.59. The lowest BCUT2D eigenvalue weighted by atomic mass is 9.98.